The third-order valence-corrected chi connectivity index (χ3v) is 4.79. The number of carbonyl (C=O) groups excluding carboxylic acids is 2. The number of amides is 2. The Labute approximate surface area is 137 Å². The van der Waals surface area contributed by atoms with Crippen LogP contribution in [0.1, 0.15) is 44.1 Å². The molecular formula is C17H26N4O2. The second kappa shape index (κ2) is 7.15. The highest BCUT2D eigenvalue weighted by Crippen LogP contribution is 2.28. The van der Waals surface area contributed by atoms with Crippen LogP contribution in [-0.2, 0) is 22.4 Å². The van der Waals surface area contributed by atoms with Crippen molar-refractivity contribution in [2.45, 2.75) is 45.4 Å². The number of aryl methyl sites for hydroxylation is 1. The van der Waals surface area contributed by atoms with Crippen molar-refractivity contribution >= 4 is 11.8 Å². The van der Waals surface area contributed by atoms with Gasteiger partial charge in [-0.05, 0) is 38.0 Å². The Kier molecular flexibility index (Phi) is 4.98. The number of hydrogen-bond donors (Lipinski definition) is 2. The maximum Gasteiger partial charge on any atom is 0.230 e. The highest BCUT2D eigenvalue weighted by Gasteiger charge is 2.30. The SMILES string of the molecule is CCc1cnc(CC(=O)N2CCCC(C(=O)NCC3CC3)C2)[nH]1. The molecule has 2 aliphatic rings. The van der Waals surface area contributed by atoms with Gasteiger partial charge in [0.2, 0.25) is 11.8 Å². The van der Waals surface area contributed by atoms with Crippen LogP contribution < -0.4 is 5.32 Å². The van der Waals surface area contributed by atoms with E-state index in [1.807, 2.05) is 4.90 Å². The Morgan fingerprint density at radius 3 is 2.91 bits per heavy atom. The van der Waals surface area contributed by atoms with E-state index in [-0.39, 0.29) is 24.2 Å². The first kappa shape index (κ1) is 16.0. The number of hydrogen-bond acceptors (Lipinski definition) is 3. The Bertz CT molecular complexity index is 565. The van der Waals surface area contributed by atoms with Crippen LogP contribution in [0.5, 0.6) is 0 Å². The molecular weight excluding hydrogens is 292 g/mol. The summed E-state index contributed by atoms with van der Waals surface area (Å²) in [6.45, 7) is 4.13. The Morgan fingerprint density at radius 2 is 2.22 bits per heavy atom. The number of carbonyl (C=O) groups is 2. The van der Waals surface area contributed by atoms with Crippen LogP contribution in [0, 0.1) is 11.8 Å². The lowest BCUT2D eigenvalue weighted by atomic mass is 9.96. The molecule has 1 aromatic rings. The van der Waals surface area contributed by atoms with E-state index in [0.717, 1.165) is 38.0 Å². The van der Waals surface area contributed by atoms with Crippen LogP contribution >= 0.6 is 0 Å². The molecule has 6 heteroatoms. The zero-order valence-electron chi connectivity index (χ0n) is 13.8. The normalized spacial score (nSPS) is 21.3. The van der Waals surface area contributed by atoms with Crippen molar-refractivity contribution in [3.63, 3.8) is 0 Å². The zero-order chi connectivity index (χ0) is 16.2. The number of likely N-dealkylation sites (tertiary alicyclic amines) is 1. The van der Waals surface area contributed by atoms with Crippen molar-refractivity contribution in [3.05, 3.63) is 17.7 Å². The summed E-state index contributed by atoms with van der Waals surface area (Å²) in [5, 5.41) is 3.04. The molecule has 6 nitrogen and oxygen atoms in total. The zero-order valence-corrected chi connectivity index (χ0v) is 13.8. The average Bonchev–Trinajstić information content (AvgIpc) is 3.30. The molecule has 2 fully saturated rings. The topological polar surface area (TPSA) is 78.1 Å². The summed E-state index contributed by atoms with van der Waals surface area (Å²) in [6.07, 6.45) is 7.20. The van der Waals surface area contributed by atoms with Gasteiger partial charge < -0.3 is 15.2 Å². The smallest absolute Gasteiger partial charge is 0.230 e. The molecule has 3 rings (SSSR count). The van der Waals surface area contributed by atoms with Gasteiger partial charge in [0.05, 0.1) is 12.3 Å². The molecule has 2 heterocycles. The standard InChI is InChI=1S/C17H26N4O2/c1-2-14-10-18-15(20-14)8-16(22)21-7-3-4-13(11-21)17(23)19-9-12-5-6-12/h10,12-13H,2-9,11H2,1H3,(H,18,20)(H,19,23). The number of aromatic amines is 1. The van der Waals surface area contributed by atoms with E-state index in [0.29, 0.717) is 18.3 Å². The molecule has 1 atom stereocenters. The second-order valence-corrected chi connectivity index (χ2v) is 6.75. The van der Waals surface area contributed by atoms with Crippen molar-refractivity contribution in [3.8, 4) is 0 Å². The summed E-state index contributed by atoms with van der Waals surface area (Å²) in [6, 6.07) is 0. The van der Waals surface area contributed by atoms with E-state index in [2.05, 4.69) is 22.2 Å². The van der Waals surface area contributed by atoms with E-state index < -0.39 is 0 Å². The van der Waals surface area contributed by atoms with Gasteiger partial charge in [-0.1, -0.05) is 6.92 Å². The van der Waals surface area contributed by atoms with E-state index in [1.54, 1.807) is 6.20 Å². The molecule has 0 bridgehead atoms. The molecule has 23 heavy (non-hydrogen) atoms. The third kappa shape index (κ3) is 4.33. The summed E-state index contributed by atoms with van der Waals surface area (Å²) < 4.78 is 0. The number of imidazole rings is 1. The molecule has 2 N–H and O–H groups in total. The molecule has 0 aromatic carbocycles. The van der Waals surface area contributed by atoms with Gasteiger partial charge in [0.15, 0.2) is 0 Å². The fourth-order valence-corrected chi connectivity index (χ4v) is 3.06. The Morgan fingerprint density at radius 1 is 1.39 bits per heavy atom. The molecule has 1 aliphatic carbocycles. The summed E-state index contributed by atoms with van der Waals surface area (Å²) in [4.78, 5) is 33.9. The summed E-state index contributed by atoms with van der Waals surface area (Å²) in [7, 11) is 0. The maximum absolute atomic E-state index is 12.4. The highest BCUT2D eigenvalue weighted by molar-refractivity contribution is 5.82. The van der Waals surface area contributed by atoms with Crippen molar-refractivity contribution in [2.24, 2.45) is 11.8 Å². The lowest BCUT2D eigenvalue weighted by Gasteiger charge is -2.32. The van der Waals surface area contributed by atoms with Gasteiger partial charge in [-0.25, -0.2) is 4.98 Å². The second-order valence-electron chi connectivity index (χ2n) is 6.75. The predicted octanol–water partition coefficient (Wildman–Crippen LogP) is 1.28. The minimum Gasteiger partial charge on any atom is -0.356 e. The summed E-state index contributed by atoms with van der Waals surface area (Å²) in [5.41, 5.74) is 1.05. The van der Waals surface area contributed by atoms with Crippen LogP contribution in [0.15, 0.2) is 6.20 Å². The minimum absolute atomic E-state index is 0.0571. The number of rotatable bonds is 6. The molecule has 1 saturated heterocycles. The van der Waals surface area contributed by atoms with Gasteiger partial charge in [-0.2, -0.15) is 0 Å². The molecule has 0 spiro atoms. The van der Waals surface area contributed by atoms with E-state index in [9.17, 15) is 9.59 Å². The number of piperidine rings is 1. The minimum atomic E-state index is -0.0609. The lowest BCUT2D eigenvalue weighted by Crippen LogP contribution is -2.46. The van der Waals surface area contributed by atoms with E-state index in [1.165, 1.54) is 12.8 Å². The Hall–Kier alpha value is -1.85. The molecule has 0 radical (unpaired) electrons. The van der Waals surface area contributed by atoms with Crippen LogP contribution in [0.2, 0.25) is 0 Å². The monoisotopic (exact) mass is 318 g/mol. The largest absolute Gasteiger partial charge is 0.356 e. The molecule has 1 aliphatic heterocycles. The van der Waals surface area contributed by atoms with Crippen LogP contribution in [0.3, 0.4) is 0 Å². The quantitative estimate of drug-likeness (QED) is 0.829. The fourth-order valence-electron chi connectivity index (χ4n) is 3.06. The summed E-state index contributed by atoms with van der Waals surface area (Å²) >= 11 is 0. The first-order valence-corrected chi connectivity index (χ1v) is 8.74. The van der Waals surface area contributed by atoms with Gasteiger partial charge >= 0.3 is 0 Å². The fraction of sp³-hybridized carbons (Fsp3) is 0.706. The van der Waals surface area contributed by atoms with Gasteiger partial charge in [0, 0.05) is 31.5 Å². The molecule has 1 saturated carbocycles. The van der Waals surface area contributed by atoms with Crippen molar-refractivity contribution in [1.82, 2.24) is 20.2 Å². The number of nitrogens with one attached hydrogen (secondary N) is 2. The van der Waals surface area contributed by atoms with Crippen molar-refractivity contribution in [1.29, 1.82) is 0 Å². The molecule has 126 valence electrons. The average molecular weight is 318 g/mol. The molecule has 1 aromatic heterocycles. The number of nitrogens with zero attached hydrogens (tertiary/aromatic N) is 2. The number of H-pyrrole nitrogens is 1. The molecule has 2 amide bonds. The number of aromatic nitrogens is 2. The lowest BCUT2D eigenvalue weighted by molar-refractivity contribution is -0.135. The van der Waals surface area contributed by atoms with E-state index in [4.69, 9.17) is 0 Å². The van der Waals surface area contributed by atoms with Gasteiger partial charge in [0.25, 0.3) is 0 Å². The predicted molar refractivity (Wildman–Crippen MR) is 86.7 cm³/mol. The van der Waals surface area contributed by atoms with Crippen molar-refractivity contribution in [2.75, 3.05) is 19.6 Å². The van der Waals surface area contributed by atoms with Gasteiger partial charge in [0.1, 0.15) is 5.82 Å². The third-order valence-electron chi connectivity index (χ3n) is 4.79. The maximum atomic E-state index is 12.4. The van der Waals surface area contributed by atoms with Gasteiger partial charge in [-0.15, -0.1) is 0 Å². The van der Waals surface area contributed by atoms with Crippen LogP contribution in [-0.4, -0.2) is 46.3 Å². The van der Waals surface area contributed by atoms with Crippen LogP contribution in [0.4, 0.5) is 0 Å². The van der Waals surface area contributed by atoms with Gasteiger partial charge in [-0.3, -0.25) is 9.59 Å². The molecule has 1 unspecified atom stereocenters. The van der Waals surface area contributed by atoms with Crippen molar-refractivity contribution < 1.29 is 9.59 Å². The van der Waals surface area contributed by atoms with E-state index >= 15 is 0 Å². The first-order valence-electron chi connectivity index (χ1n) is 8.74. The summed E-state index contributed by atoms with van der Waals surface area (Å²) in [5.74, 6) is 1.51. The highest BCUT2D eigenvalue weighted by atomic mass is 16.2. The Balaban J connectivity index is 1.50. The first-order chi connectivity index (χ1) is 11.2. The van der Waals surface area contributed by atoms with Crippen LogP contribution in [0.25, 0.3) is 0 Å².